The summed E-state index contributed by atoms with van der Waals surface area (Å²) in [5.74, 6) is 0.387. The number of piperazine rings is 1. The Labute approximate surface area is 74.5 Å². The smallest absolute Gasteiger partial charge is 0.0555 e. The number of rotatable bonds is 3. The minimum Gasteiger partial charge on any atom is -0.393 e. The average molecular weight is 172 g/mol. The second-order valence-electron chi connectivity index (χ2n) is 3.58. The van der Waals surface area contributed by atoms with E-state index in [1.54, 1.807) is 0 Å². The minimum absolute atomic E-state index is 0.201. The normalized spacial score (nSPS) is 29.8. The maximum atomic E-state index is 9.50. The molecule has 1 heterocycles. The maximum Gasteiger partial charge on any atom is 0.0555 e. The molecule has 0 amide bonds. The Bertz CT molecular complexity index is 122. The number of nitrogens with one attached hydrogen (secondary N) is 2. The number of hydrogen-bond donors (Lipinski definition) is 3. The van der Waals surface area contributed by atoms with E-state index in [0.717, 1.165) is 26.1 Å². The van der Waals surface area contributed by atoms with E-state index >= 15 is 0 Å². The largest absolute Gasteiger partial charge is 0.393 e. The zero-order chi connectivity index (χ0) is 8.97. The fourth-order valence-electron chi connectivity index (χ4n) is 1.94. The van der Waals surface area contributed by atoms with Gasteiger partial charge in [0.05, 0.1) is 6.10 Å². The van der Waals surface area contributed by atoms with Gasteiger partial charge < -0.3 is 15.7 Å². The lowest BCUT2D eigenvalue weighted by Gasteiger charge is -2.32. The van der Waals surface area contributed by atoms with E-state index in [1.807, 2.05) is 6.92 Å². The van der Waals surface area contributed by atoms with Gasteiger partial charge in [0.15, 0.2) is 0 Å². The van der Waals surface area contributed by atoms with Crippen molar-refractivity contribution in [3.8, 4) is 0 Å². The van der Waals surface area contributed by atoms with Gasteiger partial charge in [-0.1, -0.05) is 6.92 Å². The Hall–Kier alpha value is -0.120. The van der Waals surface area contributed by atoms with E-state index in [2.05, 4.69) is 17.6 Å². The number of aliphatic hydroxyl groups is 1. The first-order valence-corrected chi connectivity index (χ1v) is 4.88. The Balaban J connectivity index is 2.40. The van der Waals surface area contributed by atoms with Crippen molar-refractivity contribution in [1.29, 1.82) is 0 Å². The van der Waals surface area contributed by atoms with Crippen LogP contribution < -0.4 is 10.6 Å². The van der Waals surface area contributed by atoms with Crippen LogP contribution in [0.25, 0.3) is 0 Å². The van der Waals surface area contributed by atoms with Crippen LogP contribution in [0.1, 0.15) is 20.3 Å². The molecule has 0 radical (unpaired) electrons. The first-order valence-electron chi connectivity index (χ1n) is 4.88. The lowest BCUT2D eigenvalue weighted by molar-refractivity contribution is 0.0924. The highest BCUT2D eigenvalue weighted by atomic mass is 16.3. The predicted molar refractivity (Wildman–Crippen MR) is 50.1 cm³/mol. The van der Waals surface area contributed by atoms with Crippen molar-refractivity contribution in [2.24, 2.45) is 5.92 Å². The van der Waals surface area contributed by atoms with E-state index in [1.165, 1.54) is 0 Å². The van der Waals surface area contributed by atoms with Gasteiger partial charge in [-0.25, -0.2) is 0 Å². The number of aliphatic hydroxyl groups excluding tert-OH is 1. The van der Waals surface area contributed by atoms with E-state index in [9.17, 15) is 5.11 Å². The SMILES string of the molecule is CCC(C(C)O)C1CNCCN1. The molecule has 1 saturated heterocycles. The van der Waals surface area contributed by atoms with Crippen molar-refractivity contribution in [3.63, 3.8) is 0 Å². The summed E-state index contributed by atoms with van der Waals surface area (Å²) in [6.07, 6.45) is 0.837. The summed E-state index contributed by atoms with van der Waals surface area (Å²) in [7, 11) is 0. The van der Waals surface area contributed by atoms with Crippen molar-refractivity contribution >= 4 is 0 Å². The predicted octanol–water partition coefficient (Wildman–Crippen LogP) is -0.0452. The monoisotopic (exact) mass is 172 g/mol. The molecule has 12 heavy (non-hydrogen) atoms. The summed E-state index contributed by atoms with van der Waals surface area (Å²) in [6, 6.07) is 0.448. The Morgan fingerprint density at radius 3 is 2.67 bits per heavy atom. The molecule has 3 nitrogen and oxygen atoms in total. The lowest BCUT2D eigenvalue weighted by atomic mass is 9.91. The molecule has 0 saturated carbocycles. The second-order valence-corrected chi connectivity index (χ2v) is 3.58. The van der Waals surface area contributed by atoms with E-state index in [0.29, 0.717) is 12.0 Å². The topological polar surface area (TPSA) is 44.3 Å². The molecule has 1 aliphatic heterocycles. The Morgan fingerprint density at radius 1 is 1.50 bits per heavy atom. The van der Waals surface area contributed by atoms with Gasteiger partial charge in [0.25, 0.3) is 0 Å². The maximum absolute atomic E-state index is 9.50. The minimum atomic E-state index is -0.201. The van der Waals surface area contributed by atoms with Crippen molar-refractivity contribution < 1.29 is 5.11 Å². The zero-order valence-corrected chi connectivity index (χ0v) is 8.01. The van der Waals surface area contributed by atoms with E-state index in [4.69, 9.17) is 0 Å². The molecule has 3 unspecified atom stereocenters. The van der Waals surface area contributed by atoms with Crippen LogP contribution in [0.5, 0.6) is 0 Å². The second kappa shape index (κ2) is 4.80. The molecule has 0 aromatic rings. The zero-order valence-electron chi connectivity index (χ0n) is 8.01. The van der Waals surface area contributed by atoms with Gasteiger partial charge in [-0.3, -0.25) is 0 Å². The summed E-state index contributed by atoms with van der Waals surface area (Å²) in [4.78, 5) is 0. The molecular formula is C9H20N2O. The molecule has 3 heteroatoms. The molecule has 3 N–H and O–H groups in total. The first-order chi connectivity index (χ1) is 5.75. The summed E-state index contributed by atoms with van der Waals surface area (Å²) in [5.41, 5.74) is 0. The summed E-state index contributed by atoms with van der Waals surface area (Å²) in [5, 5.41) is 16.3. The van der Waals surface area contributed by atoms with Gasteiger partial charge in [0.2, 0.25) is 0 Å². The van der Waals surface area contributed by atoms with Crippen LogP contribution in [0, 0.1) is 5.92 Å². The molecule has 72 valence electrons. The highest BCUT2D eigenvalue weighted by Gasteiger charge is 2.24. The summed E-state index contributed by atoms with van der Waals surface area (Å²) in [6.45, 7) is 7.07. The van der Waals surface area contributed by atoms with Crippen molar-refractivity contribution in [1.82, 2.24) is 10.6 Å². The van der Waals surface area contributed by atoms with Gasteiger partial charge in [0, 0.05) is 31.6 Å². The highest BCUT2D eigenvalue weighted by Crippen LogP contribution is 2.14. The van der Waals surface area contributed by atoms with Crippen molar-refractivity contribution in [3.05, 3.63) is 0 Å². The van der Waals surface area contributed by atoms with Gasteiger partial charge in [0.1, 0.15) is 0 Å². The van der Waals surface area contributed by atoms with Crippen LogP contribution in [0.15, 0.2) is 0 Å². The highest BCUT2D eigenvalue weighted by molar-refractivity contribution is 4.84. The van der Waals surface area contributed by atoms with E-state index in [-0.39, 0.29) is 6.10 Å². The van der Waals surface area contributed by atoms with Crippen LogP contribution >= 0.6 is 0 Å². The molecule has 0 spiro atoms. The van der Waals surface area contributed by atoms with Crippen LogP contribution in [0.4, 0.5) is 0 Å². The summed E-state index contributed by atoms with van der Waals surface area (Å²) >= 11 is 0. The molecule has 1 aliphatic rings. The number of hydrogen-bond acceptors (Lipinski definition) is 3. The fraction of sp³-hybridized carbons (Fsp3) is 1.00. The summed E-state index contributed by atoms with van der Waals surface area (Å²) < 4.78 is 0. The fourth-order valence-corrected chi connectivity index (χ4v) is 1.94. The van der Waals surface area contributed by atoms with Crippen LogP contribution in [-0.4, -0.2) is 36.9 Å². The molecule has 0 aromatic heterocycles. The van der Waals surface area contributed by atoms with Gasteiger partial charge in [-0.2, -0.15) is 0 Å². The molecular weight excluding hydrogens is 152 g/mol. The molecule has 1 fully saturated rings. The van der Waals surface area contributed by atoms with Crippen molar-refractivity contribution in [2.45, 2.75) is 32.4 Å². The molecule has 1 rings (SSSR count). The lowest BCUT2D eigenvalue weighted by Crippen LogP contribution is -2.53. The molecule has 0 aromatic carbocycles. The van der Waals surface area contributed by atoms with Crippen molar-refractivity contribution in [2.75, 3.05) is 19.6 Å². The Morgan fingerprint density at radius 2 is 2.25 bits per heavy atom. The Kier molecular flexibility index (Phi) is 3.98. The van der Waals surface area contributed by atoms with Crippen LogP contribution in [0.2, 0.25) is 0 Å². The molecule has 0 bridgehead atoms. The third-order valence-electron chi connectivity index (χ3n) is 2.68. The first kappa shape index (κ1) is 9.96. The van der Waals surface area contributed by atoms with Crippen LogP contribution in [0.3, 0.4) is 0 Å². The standard InChI is InChI=1S/C9H20N2O/c1-3-8(7(2)12)9-6-10-4-5-11-9/h7-12H,3-6H2,1-2H3. The third kappa shape index (κ3) is 2.44. The molecule has 0 aliphatic carbocycles. The van der Waals surface area contributed by atoms with Gasteiger partial charge in [-0.15, -0.1) is 0 Å². The third-order valence-corrected chi connectivity index (χ3v) is 2.68. The van der Waals surface area contributed by atoms with Crippen LogP contribution in [-0.2, 0) is 0 Å². The van der Waals surface area contributed by atoms with Gasteiger partial charge in [-0.05, 0) is 13.3 Å². The molecule has 3 atom stereocenters. The quantitative estimate of drug-likeness (QED) is 0.559. The van der Waals surface area contributed by atoms with Gasteiger partial charge >= 0.3 is 0 Å². The average Bonchev–Trinajstić information content (AvgIpc) is 2.07. The van der Waals surface area contributed by atoms with E-state index < -0.39 is 0 Å².